The molecular weight excluding hydrogens is 541 g/mol. The molecule has 1 aromatic heterocycles. The molecule has 3 N–H and O–H groups in total. The number of aliphatic hydroxyl groups is 1. The largest absolute Gasteiger partial charge is 0.497 e. The second-order valence-corrected chi connectivity index (χ2v) is 7.38. The van der Waals surface area contributed by atoms with Crippen molar-refractivity contribution in [2.45, 2.75) is 19.1 Å². The molecule has 0 aliphatic rings. The molecule has 0 bridgehead atoms. The molecule has 0 radical (unpaired) electrons. The molecule has 0 spiro atoms. The van der Waals surface area contributed by atoms with Crippen LogP contribution in [-0.2, 0) is 0 Å². The minimum atomic E-state index is -0.733. The van der Waals surface area contributed by atoms with Crippen LogP contribution in [0.25, 0.3) is 0 Å². The quantitative estimate of drug-likeness (QED) is 0.206. The number of benzene rings is 2. The van der Waals surface area contributed by atoms with Crippen LogP contribution in [0.5, 0.6) is 5.75 Å². The van der Waals surface area contributed by atoms with Gasteiger partial charge in [0.1, 0.15) is 5.75 Å². The minimum absolute atomic E-state index is 0. The number of hydrogen-bond donors (Lipinski definition) is 3. The van der Waals surface area contributed by atoms with Crippen LogP contribution in [0.2, 0.25) is 5.02 Å². The molecular formula is C23H29ClIN5O2. The van der Waals surface area contributed by atoms with Gasteiger partial charge in [0.15, 0.2) is 5.96 Å². The topological polar surface area (TPSA) is 83.7 Å². The number of aliphatic hydroxyl groups excluding tert-OH is 1. The third-order valence-corrected chi connectivity index (χ3v) is 5.06. The van der Waals surface area contributed by atoms with Crippen molar-refractivity contribution in [3.05, 3.63) is 83.1 Å². The van der Waals surface area contributed by atoms with Crippen LogP contribution in [0.3, 0.4) is 0 Å². The normalized spacial score (nSPS) is 13.1. The molecule has 0 amide bonds. The zero-order chi connectivity index (χ0) is 22.1. The predicted molar refractivity (Wildman–Crippen MR) is 139 cm³/mol. The summed E-state index contributed by atoms with van der Waals surface area (Å²) in [5.74, 6) is 1.33. The number of rotatable bonds is 9. The first-order valence-corrected chi connectivity index (χ1v) is 10.6. The fourth-order valence-corrected chi connectivity index (χ4v) is 3.31. The fourth-order valence-electron chi connectivity index (χ4n) is 3.18. The van der Waals surface area contributed by atoms with Crippen molar-refractivity contribution in [1.82, 2.24) is 20.4 Å². The maximum atomic E-state index is 10.5. The molecule has 1 heterocycles. The zero-order valence-corrected chi connectivity index (χ0v) is 21.2. The number of nitrogens with zero attached hydrogens (tertiary/aromatic N) is 3. The number of aliphatic imine (C=N–C) groups is 1. The molecule has 2 atom stereocenters. The van der Waals surface area contributed by atoms with E-state index in [2.05, 4.69) is 20.7 Å². The minimum Gasteiger partial charge on any atom is -0.497 e. The Morgan fingerprint density at radius 2 is 1.94 bits per heavy atom. The van der Waals surface area contributed by atoms with Gasteiger partial charge in [0.2, 0.25) is 0 Å². The van der Waals surface area contributed by atoms with E-state index in [9.17, 15) is 5.11 Å². The van der Waals surface area contributed by atoms with Gasteiger partial charge < -0.3 is 20.5 Å². The Kier molecular flexibility index (Phi) is 10.8. The fraction of sp³-hybridized carbons (Fsp3) is 0.304. The molecule has 2 unspecified atom stereocenters. The summed E-state index contributed by atoms with van der Waals surface area (Å²) in [5, 5.41) is 22.2. The van der Waals surface area contributed by atoms with Crippen LogP contribution in [0.15, 0.2) is 72.0 Å². The number of hydrogen-bond acceptors (Lipinski definition) is 4. The first-order chi connectivity index (χ1) is 15.1. The molecule has 2 aromatic carbocycles. The van der Waals surface area contributed by atoms with Gasteiger partial charge in [-0.1, -0.05) is 35.9 Å². The second-order valence-electron chi connectivity index (χ2n) is 6.95. The zero-order valence-electron chi connectivity index (χ0n) is 18.1. The highest BCUT2D eigenvalue weighted by molar-refractivity contribution is 14.0. The molecule has 0 aliphatic carbocycles. The maximum Gasteiger partial charge on any atom is 0.191 e. The lowest BCUT2D eigenvalue weighted by Crippen LogP contribution is -2.40. The van der Waals surface area contributed by atoms with Crippen LogP contribution in [-0.4, -0.2) is 47.6 Å². The Morgan fingerprint density at radius 1 is 1.16 bits per heavy atom. The lowest BCUT2D eigenvalue weighted by molar-refractivity contribution is 0.186. The molecule has 0 saturated heterocycles. The second kappa shape index (κ2) is 13.3. The summed E-state index contributed by atoms with van der Waals surface area (Å²) in [5.41, 5.74) is 1.84. The number of guanidine groups is 1. The van der Waals surface area contributed by atoms with E-state index in [0.717, 1.165) is 11.1 Å². The average Bonchev–Trinajstić information content (AvgIpc) is 3.33. The van der Waals surface area contributed by atoms with E-state index >= 15 is 0 Å². The van der Waals surface area contributed by atoms with E-state index < -0.39 is 6.10 Å². The molecule has 32 heavy (non-hydrogen) atoms. The summed E-state index contributed by atoms with van der Waals surface area (Å²) in [6, 6.07) is 17.0. The summed E-state index contributed by atoms with van der Waals surface area (Å²) in [6.45, 7) is 3.48. The highest BCUT2D eigenvalue weighted by Crippen LogP contribution is 2.20. The van der Waals surface area contributed by atoms with Crippen LogP contribution >= 0.6 is 35.6 Å². The SMILES string of the molecule is CCNC(=NCC(O)c1cccc(OC)c1)NCC(c1ccc(Cl)cc1)n1cccn1.I. The van der Waals surface area contributed by atoms with Crippen molar-refractivity contribution in [3.63, 3.8) is 0 Å². The molecule has 7 nitrogen and oxygen atoms in total. The van der Waals surface area contributed by atoms with Crippen molar-refractivity contribution in [3.8, 4) is 5.75 Å². The van der Waals surface area contributed by atoms with Gasteiger partial charge in [0, 0.05) is 30.5 Å². The van der Waals surface area contributed by atoms with Gasteiger partial charge in [-0.25, -0.2) is 0 Å². The van der Waals surface area contributed by atoms with Crippen molar-refractivity contribution in [1.29, 1.82) is 0 Å². The Labute approximate surface area is 210 Å². The van der Waals surface area contributed by atoms with Gasteiger partial charge in [0.05, 0.1) is 25.8 Å². The van der Waals surface area contributed by atoms with Gasteiger partial charge in [0.25, 0.3) is 0 Å². The molecule has 9 heteroatoms. The van der Waals surface area contributed by atoms with E-state index in [1.807, 2.05) is 72.4 Å². The van der Waals surface area contributed by atoms with Crippen LogP contribution in [0.1, 0.15) is 30.2 Å². The Bertz CT molecular complexity index is 967. The van der Waals surface area contributed by atoms with Gasteiger partial charge in [-0.2, -0.15) is 5.10 Å². The van der Waals surface area contributed by atoms with Crippen LogP contribution in [0.4, 0.5) is 0 Å². The molecule has 3 aromatic rings. The highest BCUT2D eigenvalue weighted by atomic mass is 127. The summed E-state index contributed by atoms with van der Waals surface area (Å²) in [4.78, 5) is 4.56. The first-order valence-electron chi connectivity index (χ1n) is 10.2. The highest BCUT2D eigenvalue weighted by Gasteiger charge is 2.15. The number of ether oxygens (including phenoxy) is 1. The Balaban J connectivity index is 0.00000363. The number of nitrogens with one attached hydrogen (secondary N) is 2. The standard InChI is InChI=1S/C23H28ClN5O2.HI/c1-3-25-23(27-16-22(30)18-6-4-7-20(14-18)31-2)26-15-21(29-13-5-12-28-29)17-8-10-19(24)11-9-17;/h4-14,21-22,30H,3,15-16H2,1-2H3,(H2,25,26,27);1H. The van der Waals surface area contributed by atoms with Crippen molar-refractivity contribution < 1.29 is 9.84 Å². The van der Waals surface area contributed by atoms with E-state index in [4.69, 9.17) is 16.3 Å². The van der Waals surface area contributed by atoms with Gasteiger partial charge >= 0.3 is 0 Å². The summed E-state index contributed by atoms with van der Waals surface area (Å²) in [7, 11) is 1.60. The molecule has 0 fully saturated rings. The van der Waals surface area contributed by atoms with E-state index in [1.165, 1.54) is 0 Å². The summed E-state index contributed by atoms with van der Waals surface area (Å²) < 4.78 is 7.12. The Morgan fingerprint density at radius 3 is 2.59 bits per heavy atom. The van der Waals surface area contributed by atoms with Gasteiger partial charge in [-0.05, 0) is 48.4 Å². The average molecular weight is 570 g/mol. The smallest absolute Gasteiger partial charge is 0.191 e. The van der Waals surface area contributed by atoms with Crippen molar-refractivity contribution in [2.75, 3.05) is 26.7 Å². The van der Waals surface area contributed by atoms with E-state index in [-0.39, 0.29) is 36.6 Å². The monoisotopic (exact) mass is 569 g/mol. The van der Waals surface area contributed by atoms with E-state index in [0.29, 0.717) is 29.8 Å². The molecule has 3 rings (SSSR count). The predicted octanol–water partition coefficient (Wildman–Crippen LogP) is 4.04. The lowest BCUT2D eigenvalue weighted by atomic mass is 10.1. The number of methoxy groups -OCH3 is 1. The maximum absolute atomic E-state index is 10.5. The van der Waals surface area contributed by atoms with Crippen molar-refractivity contribution in [2.24, 2.45) is 4.99 Å². The third kappa shape index (κ3) is 7.39. The molecule has 0 aliphatic heterocycles. The molecule has 172 valence electrons. The number of halogens is 2. The lowest BCUT2D eigenvalue weighted by Gasteiger charge is -2.21. The number of aromatic nitrogens is 2. The summed E-state index contributed by atoms with van der Waals surface area (Å²) in [6.07, 6.45) is 2.95. The van der Waals surface area contributed by atoms with Gasteiger partial charge in [-0.3, -0.25) is 9.67 Å². The Hall–Kier alpha value is -2.30. The van der Waals surface area contributed by atoms with Crippen LogP contribution < -0.4 is 15.4 Å². The van der Waals surface area contributed by atoms with E-state index in [1.54, 1.807) is 13.3 Å². The molecule has 0 saturated carbocycles. The third-order valence-electron chi connectivity index (χ3n) is 4.81. The van der Waals surface area contributed by atoms with Crippen molar-refractivity contribution >= 4 is 41.5 Å². The van der Waals surface area contributed by atoms with Gasteiger partial charge in [-0.15, -0.1) is 24.0 Å². The van der Waals surface area contributed by atoms with Crippen LogP contribution in [0, 0.1) is 0 Å². The summed E-state index contributed by atoms with van der Waals surface area (Å²) >= 11 is 6.05. The first kappa shape index (κ1) is 26.0.